The summed E-state index contributed by atoms with van der Waals surface area (Å²) in [5.41, 5.74) is 2.91. The summed E-state index contributed by atoms with van der Waals surface area (Å²) in [5.74, 6) is 1.52. The second-order valence-electron chi connectivity index (χ2n) is 6.64. The minimum absolute atomic E-state index is 0.0706. The van der Waals surface area contributed by atoms with E-state index in [1.54, 1.807) is 22.9 Å². The van der Waals surface area contributed by atoms with Gasteiger partial charge >= 0.3 is 0 Å². The van der Waals surface area contributed by atoms with E-state index in [1.807, 2.05) is 43.3 Å². The highest BCUT2D eigenvalue weighted by Crippen LogP contribution is 2.42. The van der Waals surface area contributed by atoms with Crippen LogP contribution in [0.15, 0.2) is 57.7 Å². The number of thioether (sulfide) groups is 1. The molecule has 0 unspecified atom stereocenters. The van der Waals surface area contributed by atoms with Crippen molar-refractivity contribution < 1.29 is 9.21 Å². The molecule has 3 heterocycles. The van der Waals surface area contributed by atoms with Gasteiger partial charge in [0.15, 0.2) is 0 Å². The van der Waals surface area contributed by atoms with Gasteiger partial charge in [-0.05, 0) is 24.6 Å². The first-order valence-corrected chi connectivity index (χ1v) is 9.53. The molecule has 6 heteroatoms. The van der Waals surface area contributed by atoms with Crippen molar-refractivity contribution in [3.8, 4) is 6.07 Å². The van der Waals surface area contributed by atoms with Crippen molar-refractivity contribution in [2.24, 2.45) is 0 Å². The molecule has 2 aliphatic heterocycles. The van der Waals surface area contributed by atoms with Crippen LogP contribution in [0.4, 0.5) is 0 Å². The third-order valence-corrected chi connectivity index (χ3v) is 6.00. The first kappa shape index (κ1) is 17.0. The lowest BCUT2D eigenvalue weighted by Gasteiger charge is -2.41. The summed E-state index contributed by atoms with van der Waals surface area (Å²) >= 11 is 1.56. The Hall–Kier alpha value is -2.49. The Labute approximate surface area is 156 Å². The molecule has 0 spiro atoms. The van der Waals surface area contributed by atoms with Gasteiger partial charge in [0.25, 0.3) is 0 Å². The molecule has 132 valence electrons. The molecule has 0 N–H and O–H groups in total. The average Bonchev–Trinajstić information content (AvgIpc) is 3.15. The fourth-order valence-electron chi connectivity index (χ4n) is 3.41. The van der Waals surface area contributed by atoms with Crippen molar-refractivity contribution in [2.45, 2.75) is 25.8 Å². The van der Waals surface area contributed by atoms with Gasteiger partial charge in [-0.3, -0.25) is 14.6 Å². The van der Waals surface area contributed by atoms with Crippen LogP contribution in [-0.4, -0.2) is 28.3 Å². The van der Waals surface area contributed by atoms with Crippen LogP contribution in [0.2, 0.25) is 0 Å². The molecular formula is C20H19N3O2S. The highest BCUT2D eigenvalue weighted by molar-refractivity contribution is 8.03. The van der Waals surface area contributed by atoms with Crippen LogP contribution in [0.1, 0.15) is 29.2 Å². The monoisotopic (exact) mass is 365 g/mol. The first-order valence-electron chi connectivity index (χ1n) is 8.54. The summed E-state index contributed by atoms with van der Waals surface area (Å²) in [7, 11) is 0. The molecule has 5 nitrogen and oxygen atoms in total. The molecule has 1 amide bonds. The van der Waals surface area contributed by atoms with Crippen molar-refractivity contribution in [1.29, 1.82) is 5.26 Å². The zero-order valence-corrected chi connectivity index (χ0v) is 15.3. The predicted molar refractivity (Wildman–Crippen MR) is 99.6 cm³/mol. The normalized spacial score (nSPS) is 20.8. The number of carbonyl (C=O) groups excluding carboxylic acids is 1. The second kappa shape index (κ2) is 7.02. The number of hydrogen-bond donors (Lipinski definition) is 0. The largest absolute Gasteiger partial charge is 0.468 e. The summed E-state index contributed by atoms with van der Waals surface area (Å²) < 4.78 is 5.41. The van der Waals surface area contributed by atoms with E-state index in [1.165, 1.54) is 5.56 Å². The molecule has 1 saturated heterocycles. The van der Waals surface area contributed by atoms with Gasteiger partial charge < -0.3 is 4.42 Å². The lowest BCUT2D eigenvalue weighted by atomic mass is 9.86. The Morgan fingerprint density at radius 1 is 1.31 bits per heavy atom. The Kier molecular flexibility index (Phi) is 4.58. The van der Waals surface area contributed by atoms with Gasteiger partial charge in [0.1, 0.15) is 5.76 Å². The van der Waals surface area contributed by atoms with Gasteiger partial charge in [-0.2, -0.15) is 5.26 Å². The summed E-state index contributed by atoms with van der Waals surface area (Å²) in [6, 6.07) is 14.3. The molecule has 0 saturated carbocycles. The molecule has 0 bridgehead atoms. The van der Waals surface area contributed by atoms with Crippen LogP contribution in [0.25, 0.3) is 0 Å². The number of nitriles is 1. The van der Waals surface area contributed by atoms with Gasteiger partial charge in [-0.15, -0.1) is 0 Å². The highest BCUT2D eigenvalue weighted by Gasteiger charge is 2.38. The van der Waals surface area contributed by atoms with Gasteiger partial charge in [-0.1, -0.05) is 41.6 Å². The van der Waals surface area contributed by atoms with Crippen molar-refractivity contribution in [3.05, 3.63) is 70.2 Å². The number of amides is 1. The fourth-order valence-corrected chi connectivity index (χ4v) is 4.55. The second-order valence-corrected chi connectivity index (χ2v) is 7.58. The number of hydrogen-bond acceptors (Lipinski definition) is 5. The van der Waals surface area contributed by atoms with Crippen LogP contribution in [0, 0.1) is 18.3 Å². The molecule has 1 aromatic carbocycles. The Morgan fingerprint density at radius 2 is 2.12 bits per heavy atom. The molecule has 1 fully saturated rings. The van der Waals surface area contributed by atoms with E-state index >= 15 is 0 Å². The summed E-state index contributed by atoms with van der Waals surface area (Å²) in [6.45, 7) is 3.18. The molecule has 2 aliphatic rings. The highest BCUT2D eigenvalue weighted by atomic mass is 32.2. The number of aryl methyl sites for hydroxylation is 1. The molecule has 2 aromatic rings. The zero-order valence-electron chi connectivity index (χ0n) is 14.5. The average molecular weight is 365 g/mol. The number of rotatable bonds is 3. The summed E-state index contributed by atoms with van der Waals surface area (Å²) in [5, 5.41) is 10.6. The number of allylic oxidation sites excluding steroid dienone is 1. The molecule has 0 radical (unpaired) electrons. The van der Waals surface area contributed by atoms with Gasteiger partial charge in [-0.25, -0.2) is 0 Å². The number of carbonyl (C=O) groups is 1. The lowest BCUT2D eigenvalue weighted by Crippen LogP contribution is -2.46. The minimum Gasteiger partial charge on any atom is -0.468 e. The van der Waals surface area contributed by atoms with Crippen LogP contribution >= 0.6 is 11.8 Å². The minimum atomic E-state index is -0.150. The topological polar surface area (TPSA) is 60.5 Å². The van der Waals surface area contributed by atoms with Gasteiger partial charge in [0, 0.05) is 12.3 Å². The molecule has 4 rings (SSSR count). The number of benzene rings is 1. The zero-order chi connectivity index (χ0) is 18.1. The van der Waals surface area contributed by atoms with Gasteiger partial charge in [0.2, 0.25) is 5.91 Å². The first-order chi connectivity index (χ1) is 12.7. The van der Waals surface area contributed by atoms with Crippen LogP contribution < -0.4 is 0 Å². The SMILES string of the molecule is Cc1ccc([C@@H]2CC(=O)N3CN(Cc4ccco4)CSC3=C2C#N)cc1. The molecule has 0 aliphatic carbocycles. The quantitative estimate of drug-likeness (QED) is 0.828. The van der Waals surface area contributed by atoms with E-state index in [9.17, 15) is 10.1 Å². The maximum Gasteiger partial charge on any atom is 0.229 e. The predicted octanol–water partition coefficient (Wildman–Crippen LogP) is 3.80. The van der Waals surface area contributed by atoms with Crippen molar-refractivity contribution in [1.82, 2.24) is 9.80 Å². The number of fused-ring (bicyclic) bond motifs is 1. The van der Waals surface area contributed by atoms with E-state index in [2.05, 4.69) is 11.0 Å². The Balaban J connectivity index is 1.60. The number of nitrogens with zero attached hydrogens (tertiary/aromatic N) is 3. The standard InChI is InChI=1S/C20H19N3O2S/c1-14-4-6-15(7-5-14)17-9-19(24)23-12-22(11-16-3-2-8-25-16)13-26-20(23)18(17)10-21/h2-8,17H,9,11-13H2,1H3/t17-/m0/s1. The third kappa shape index (κ3) is 3.16. The summed E-state index contributed by atoms with van der Waals surface area (Å²) in [4.78, 5) is 16.7. The molecule has 26 heavy (non-hydrogen) atoms. The van der Waals surface area contributed by atoms with E-state index in [0.717, 1.165) is 22.2 Å². The third-order valence-electron chi connectivity index (χ3n) is 4.79. The molecule has 1 atom stereocenters. The van der Waals surface area contributed by atoms with E-state index in [-0.39, 0.29) is 11.8 Å². The van der Waals surface area contributed by atoms with E-state index < -0.39 is 0 Å². The lowest BCUT2D eigenvalue weighted by molar-refractivity contribution is -0.132. The Bertz CT molecular complexity index is 881. The molecule has 1 aromatic heterocycles. The summed E-state index contributed by atoms with van der Waals surface area (Å²) in [6.07, 6.45) is 1.99. The Morgan fingerprint density at radius 3 is 2.81 bits per heavy atom. The van der Waals surface area contributed by atoms with Crippen molar-refractivity contribution >= 4 is 17.7 Å². The van der Waals surface area contributed by atoms with Crippen LogP contribution in [-0.2, 0) is 11.3 Å². The maximum atomic E-state index is 12.8. The van der Waals surface area contributed by atoms with E-state index in [4.69, 9.17) is 4.42 Å². The maximum absolute atomic E-state index is 12.8. The fraction of sp³-hybridized carbons (Fsp3) is 0.300. The number of furan rings is 1. The van der Waals surface area contributed by atoms with Crippen molar-refractivity contribution in [2.75, 3.05) is 12.5 Å². The van der Waals surface area contributed by atoms with Gasteiger partial charge in [0.05, 0.1) is 42.0 Å². The van der Waals surface area contributed by atoms with Crippen molar-refractivity contribution in [3.63, 3.8) is 0 Å². The van der Waals surface area contributed by atoms with E-state index in [0.29, 0.717) is 25.2 Å². The van der Waals surface area contributed by atoms with Crippen LogP contribution in [0.5, 0.6) is 0 Å². The molecular weight excluding hydrogens is 346 g/mol. The smallest absolute Gasteiger partial charge is 0.229 e. The van der Waals surface area contributed by atoms with Crippen LogP contribution in [0.3, 0.4) is 0 Å².